The molecule has 0 atom stereocenters. The molecule has 1 aromatic rings. The Morgan fingerprint density at radius 1 is 1.50 bits per heavy atom. The van der Waals surface area contributed by atoms with Crippen LogP contribution < -0.4 is 0 Å². The van der Waals surface area contributed by atoms with Gasteiger partial charge in [0, 0.05) is 6.42 Å². The summed E-state index contributed by atoms with van der Waals surface area (Å²) in [4.78, 5) is 0.392. The molecule has 0 radical (unpaired) electrons. The quantitative estimate of drug-likeness (QED) is 0.718. The van der Waals surface area contributed by atoms with Crippen molar-refractivity contribution in [3.8, 4) is 0 Å². The van der Waals surface area contributed by atoms with Crippen LogP contribution in [0, 0.1) is 10.8 Å². The van der Waals surface area contributed by atoms with Crippen molar-refractivity contribution in [1.29, 1.82) is 0 Å². The van der Waals surface area contributed by atoms with Crippen molar-refractivity contribution in [3.05, 3.63) is 10.7 Å². The standard InChI is InChI=1S/C8H12N2OS/c12-8-10-9-7(11-8)5-6-3-1-2-4-6/h6H,1-5H2,(H,10,12). The lowest BCUT2D eigenvalue weighted by molar-refractivity contribution is 0.424. The molecular formula is C8H12N2OS. The van der Waals surface area contributed by atoms with Crippen LogP contribution in [0.3, 0.4) is 0 Å². The Balaban J connectivity index is 1.98. The smallest absolute Gasteiger partial charge is 0.284 e. The van der Waals surface area contributed by atoms with Crippen LogP contribution >= 0.6 is 12.2 Å². The highest BCUT2D eigenvalue weighted by Gasteiger charge is 2.17. The second-order valence-electron chi connectivity index (χ2n) is 3.36. The summed E-state index contributed by atoms with van der Waals surface area (Å²) in [7, 11) is 0. The summed E-state index contributed by atoms with van der Waals surface area (Å²) in [5.41, 5.74) is 0. The SMILES string of the molecule is S=c1[nH]nc(CC2CCCC2)o1. The molecular weight excluding hydrogens is 172 g/mol. The topological polar surface area (TPSA) is 41.8 Å². The fourth-order valence-electron chi connectivity index (χ4n) is 1.81. The third-order valence-electron chi connectivity index (χ3n) is 2.42. The van der Waals surface area contributed by atoms with Gasteiger partial charge in [-0.05, 0) is 31.0 Å². The second-order valence-corrected chi connectivity index (χ2v) is 3.73. The molecule has 1 saturated carbocycles. The van der Waals surface area contributed by atoms with E-state index in [1.807, 2.05) is 0 Å². The van der Waals surface area contributed by atoms with Gasteiger partial charge in [0.1, 0.15) is 0 Å². The van der Waals surface area contributed by atoms with E-state index in [0.717, 1.165) is 18.2 Å². The lowest BCUT2D eigenvalue weighted by Crippen LogP contribution is -1.98. The number of aromatic amines is 1. The van der Waals surface area contributed by atoms with Crippen LogP contribution in [-0.4, -0.2) is 10.2 Å². The Bertz CT molecular complexity index is 298. The first-order valence-corrected chi connectivity index (χ1v) is 4.80. The number of nitrogens with one attached hydrogen (secondary N) is 1. The van der Waals surface area contributed by atoms with Crippen molar-refractivity contribution in [2.45, 2.75) is 32.1 Å². The summed E-state index contributed by atoms with van der Waals surface area (Å²) in [6, 6.07) is 0. The van der Waals surface area contributed by atoms with Crippen molar-refractivity contribution < 1.29 is 4.42 Å². The minimum Gasteiger partial charge on any atom is -0.414 e. The minimum absolute atomic E-state index is 0.392. The molecule has 0 aliphatic heterocycles. The fraction of sp³-hybridized carbons (Fsp3) is 0.750. The summed E-state index contributed by atoms with van der Waals surface area (Å²) in [5, 5.41) is 6.62. The molecule has 66 valence electrons. The molecule has 1 aromatic heterocycles. The highest BCUT2D eigenvalue weighted by molar-refractivity contribution is 7.71. The summed E-state index contributed by atoms with van der Waals surface area (Å²) in [5.74, 6) is 1.54. The van der Waals surface area contributed by atoms with Gasteiger partial charge in [0.05, 0.1) is 0 Å². The van der Waals surface area contributed by atoms with Gasteiger partial charge in [0.25, 0.3) is 4.84 Å². The zero-order valence-electron chi connectivity index (χ0n) is 6.88. The maximum atomic E-state index is 5.19. The Morgan fingerprint density at radius 2 is 2.25 bits per heavy atom. The van der Waals surface area contributed by atoms with Gasteiger partial charge in [-0.1, -0.05) is 12.8 Å². The predicted octanol–water partition coefficient (Wildman–Crippen LogP) is 2.46. The van der Waals surface area contributed by atoms with Gasteiger partial charge in [0.15, 0.2) is 0 Å². The van der Waals surface area contributed by atoms with Crippen molar-refractivity contribution in [2.24, 2.45) is 5.92 Å². The molecule has 1 heterocycles. The monoisotopic (exact) mass is 184 g/mol. The summed E-state index contributed by atoms with van der Waals surface area (Å²) in [6.45, 7) is 0. The molecule has 1 N–H and O–H groups in total. The average Bonchev–Trinajstić information content (AvgIpc) is 2.63. The first-order chi connectivity index (χ1) is 5.84. The van der Waals surface area contributed by atoms with Gasteiger partial charge >= 0.3 is 0 Å². The van der Waals surface area contributed by atoms with E-state index in [1.54, 1.807) is 0 Å². The van der Waals surface area contributed by atoms with Gasteiger partial charge in [-0.25, -0.2) is 5.10 Å². The molecule has 12 heavy (non-hydrogen) atoms. The largest absolute Gasteiger partial charge is 0.414 e. The van der Waals surface area contributed by atoms with Gasteiger partial charge in [-0.3, -0.25) is 0 Å². The highest BCUT2D eigenvalue weighted by atomic mass is 32.1. The third kappa shape index (κ3) is 1.75. The van der Waals surface area contributed by atoms with Crippen LogP contribution in [0.25, 0.3) is 0 Å². The summed E-state index contributed by atoms with van der Waals surface area (Å²) in [6.07, 6.45) is 6.29. The Morgan fingerprint density at radius 3 is 2.83 bits per heavy atom. The lowest BCUT2D eigenvalue weighted by Gasteiger charge is -2.02. The molecule has 0 amide bonds. The Hall–Kier alpha value is -0.640. The van der Waals surface area contributed by atoms with Gasteiger partial charge in [-0.2, -0.15) is 0 Å². The molecule has 0 saturated heterocycles. The van der Waals surface area contributed by atoms with Gasteiger partial charge in [-0.15, -0.1) is 5.10 Å². The number of hydrogen-bond donors (Lipinski definition) is 1. The Kier molecular flexibility index (Phi) is 2.26. The maximum absolute atomic E-state index is 5.19. The van der Waals surface area contributed by atoms with Crippen LogP contribution in [0.2, 0.25) is 0 Å². The molecule has 1 aliphatic rings. The molecule has 1 aliphatic carbocycles. The number of nitrogens with zero attached hydrogens (tertiary/aromatic N) is 1. The molecule has 4 heteroatoms. The summed E-state index contributed by atoms with van der Waals surface area (Å²) < 4.78 is 5.19. The molecule has 0 spiro atoms. The molecule has 0 bridgehead atoms. The number of rotatable bonds is 2. The van der Waals surface area contributed by atoms with E-state index in [0.29, 0.717) is 4.84 Å². The van der Waals surface area contributed by atoms with Gasteiger partial charge < -0.3 is 4.42 Å². The van der Waals surface area contributed by atoms with Crippen molar-refractivity contribution in [3.63, 3.8) is 0 Å². The van der Waals surface area contributed by atoms with Crippen LogP contribution in [-0.2, 0) is 6.42 Å². The van der Waals surface area contributed by atoms with E-state index in [4.69, 9.17) is 16.6 Å². The van der Waals surface area contributed by atoms with E-state index in [2.05, 4.69) is 10.2 Å². The predicted molar refractivity (Wildman–Crippen MR) is 47.3 cm³/mol. The van der Waals surface area contributed by atoms with Crippen molar-refractivity contribution in [2.75, 3.05) is 0 Å². The van der Waals surface area contributed by atoms with E-state index in [-0.39, 0.29) is 0 Å². The van der Waals surface area contributed by atoms with Crippen LogP contribution in [0.5, 0.6) is 0 Å². The van der Waals surface area contributed by atoms with Crippen LogP contribution in [0.1, 0.15) is 31.6 Å². The van der Waals surface area contributed by atoms with Gasteiger partial charge in [0.2, 0.25) is 5.89 Å². The molecule has 0 unspecified atom stereocenters. The van der Waals surface area contributed by atoms with E-state index in [9.17, 15) is 0 Å². The lowest BCUT2D eigenvalue weighted by atomic mass is 10.0. The molecule has 2 rings (SSSR count). The molecule has 0 aromatic carbocycles. The van der Waals surface area contributed by atoms with Crippen LogP contribution in [0.4, 0.5) is 0 Å². The second kappa shape index (κ2) is 3.39. The maximum Gasteiger partial charge on any atom is 0.284 e. The zero-order valence-corrected chi connectivity index (χ0v) is 7.69. The molecule has 3 nitrogen and oxygen atoms in total. The third-order valence-corrected chi connectivity index (χ3v) is 2.60. The zero-order chi connectivity index (χ0) is 8.39. The van der Waals surface area contributed by atoms with Crippen LogP contribution in [0.15, 0.2) is 4.42 Å². The normalized spacial score (nSPS) is 18.7. The first kappa shape index (κ1) is 7.98. The van der Waals surface area contributed by atoms with E-state index in [1.165, 1.54) is 25.7 Å². The minimum atomic E-state index is 0.392. The first-order valence-electron chi connectivity index (χ1n) is 4.39. The fourth-order valence-corrected chi connectivity index (χ4v) is 1.95. The highest BCUT2D eigenvalue weighted by Crippen LogP contribution is 2.27. The molecule has 1 fully saturated rings. The van der Waals surface area contributed by atoms with Crippen molar-refractivity contribution >= 4 is 12.2 Å². The number of aromatic nitrogens is 2. The summed E-state index contributed by atoms with van der Waals surface area (Å²) >= 11 is 4.79. The van der Waals surface area contributed by atoms with E-state index < -0.39 is 0 Å². The average molecular weight is 184 g/mol. The number of hydrogen-bond acceptors (Lipinski definition) is 3. The Labute approximate surface area is 76.2 Å². The van der Waals surface area contributed by atoms with E-state index >= 15 is 0 Å². The van der Waals surface area contributed by atoms with Crippen molar-refractivity contribution in [1.82, 2.24) is 10.2 Å². The number of H-pyrrole nitrogens is 1.